The van der Waals surface area contributed by atoms with Crippen molar-refractivity contribution in [1.29, 1.82) is 0 Å². The van der Waals surface area contributed by atoms with Gasteiger partial charge in [-0.1, -0.05) is 6.92 Å². The topological polar surface area (TPSA) is 15.3 Å². The molecule has 82 valence electrons. The molecule has 2 aliphatic rings. The Morgan fingerprint density at radius 2 is 1.86 bits per heavy atom. The Balaban J connectivity index is 1.71. The summed E-state index contributed by atoms with van der Waals surface area (Å²) in [6.45, 7) is 8.56. The highest BCUT2D eigenvalue weighted by atomic mass is 15.1. The van der Waals surface area contributed by atoms with Crippen LogP contribution in [0.15, 0.2) is 0 Å². The van der Waals surface area contributed by atoms with Crippen molar-refractivity contribution in [2.24, 2.45) is 17.8 Å². The lowest BCUT2D eigenvalue weighted by Crippen LogP contribution is -2.48. The van der Waals surface area contributed by atoms with Gasteiger partial charge in [-0.3, -0.25) is 0 Å². The Morgan fingerprint density at radius 1 is 1.21 bits per heavy atom. The van der Waals surface area contributed by atoms with Gasteiger partial charge in [0.25, 0.3) is 0 Å². The molecule has 1 aliphatic heterocycles. The van der Waals surface area contributed by atoms with Gasteiger partial charge in [-0.05, 0) is 57.7 Å². The second kappa shape index (κ2) is 4.19. The van der Waals surface area contributed by atoms with Crippen LogP contribution in [0, 0.1) is 17.8 Å². The van der Waals surface area contributed by atoms with E-state index < -0.39 is 0 Å². The molecule has 0 spiro atoms. The van der Waals surface area contributed by atoms with Gasteiger partial charge in [0.2, 0.25) is 0 Å². The Bertz CT molecular complexity index is 185. The van der Waals surface area contributed by atoms with Crippen molar-refractivity contribution < 1.29 is 0 Å². The molecule has 2 nitrogen and oxygen atoms in total. The van der Waals surface area contributed by atoms with Crippen LogP contribution in [0.5, 0.6) is 0 Å². The van der Waals surface area contributed by atoms with Crippen LogP contribution < -0.4 is 5.32 Å². The molecule has 1 heterocycles. The molecule has 14 heavy (non-hydrogen) atoms. The van der Waals surface area contributed by atoms with E-state index in [4.69, 9.17) is 0 Å². The number of rotatable bonds is 5. The summed E-state index contributed by atoms with van der Waals surface area (Å²) in [6.07, 6.45) is 2.93. The molecular weight excluding hydrogens is 172 g/mol. The van der Waals surface area contributed by atoms with Crippen molar-refractivity contribution >= 4 is 0 Å². The van der Waals surface area contributed by atoms with Gasteiger partial charge in [-0.15, -0.1) is 0 Å². The first-order chi connectivity index (χ1) is 6.68. The monoisotopic (exact) mass is 196 g/mol. The maximum atomic E-state index is 3.36. The molecule has 1 saturated heterocycles. The van der Waals surface area contributed by atoms with E-state index in [0.29, 0.717) is 0 Å². The summed E-state index contributed by atoms with van der Waals surface area (Å²) in [7, 11) is 2.30. The van der Waals surface area contributed by atoms with Gasteiger partial charge in [0.1, 0.15) is 0 Å². The molecule has 0 aromatic heterocycles. The number of hydrogen-bond acceptors (Lipinski definition) is 2. The number of nitrogens with one attached hydrogen (secondary N) is 1. The molecule has 0 radical (unpaired) electrons. The highest BCUT2D eigenvalue weighted by Crippen LogP contribution is 2.35. The first-order valence-corrected chi connectivity index (χ1v) is 6.09. The molecule has 1 N–H and O–H groups in total. The molecule has 2 rings (SSSR count). The maximum Gasteiger partial charge on any atom is 0.00922 e. The molecule has 0 aromatic rings. The Morgan fingerprint density at radius 3 is 2.29 bits per heavy atom. The van der Waals surface area contributed by atoms with Crippen LogP contribution in [0.25, 0.3) is 0 Å². The minimum absolute atomic E-state index is 0.811. The first kappa shape index (κ1) is 10.4. The lowest BCUT2D eigenvalue weighted by Gasteiger charge is -2.36. The summed E-state index contributed by atoms with van der Waals surface area (Å²) in [5.41, 5.74) is 0. The number of nitrogens with zero attached hydrogens (tertiary/aromatic N) is 1. The lowest BCUT2D eigenvalue weighted by molar-refractivity contribution is 0.150. The van der Waals surface area contributed by atoms with Gasteiger partial charge < -0.3 is 10.2 Å². The predicted molar refractivity (Wildman–Crippen MR) is 60.3 cm³/mol. The van der Waals surface area contributed by atoms with Gasteiger partial charge in [-0.25, -0.2) is 0 Å². The van der Waals surface area contributed by atoms with Gasteiger partial charge in [0.05, 0.1) is 0 Å². The summed E-state index contributed by atoms with van der Waals surface area (Å²) in [5, 5.41) is 3.36. The van der Waals surface area contributed by atoms with E-state index in [-0.39, 0.29) is 0 Å². The molecule has 2 fully saturated rings. The minimum Gasteiger partial charge on any atom is -0.316 e. The van der Waals surface area contributed by atoms with Crippen LogP contribution in [0.1, 0.15) is 26.7 Å². The van der Waals surface area contributed by atoms with Gasteiger partial charge in [-0.2, -0.15) is 0 Å². The SMILES string of the molecule is CC(CN(C)C(C)C1CC1)C1CNC1. The summed E-state index contributed by atoms with van der Waals surface area (Å²) >= 11 is 0. The zero-order chi connectivity index (χ0) is 10.1. The van der Waals surface area contributed by atoms with E-state index in [1.165, 1.54) is 32.5 Å². The molecule has 0 aromatic carbocycles. The van der Waals surface area contributed by atoms with Crippen molar-refractivity contribution in [3.05, 3.63) is 0 Å². The molecule has 2 atom stereocenters. The fraction of sp³-hybridized carbons (Fsp3) is 1.00. The fourth-order valence-corrected chi connectivity index (χ4v) is 2.42. The van der Waals surface area contributed by atoms with Crippen LogP contribution in [-0.2, 0) is 0 Å². The average molecular weight is 196 g/mol. The third kappa shape index (κ3) is 2.29. The van der Waals surface area contributed by atoms with E-state index in [9.17, 15) is 0 Å². The van der Waals surface area contributed by atoms with Crippen molar-refractivity contribution in [2.45, 2.75) is 32.7 Å². The van der Waals surface area contributed by atoms with Gasteiger partial charge in [0.15, 0.2) is 0 Å². The molecule has 0 amide bonds. The molecule has 2 unspecified atom stereocenters. The van der Waals surface area contributed by atoms with Crippen LogP contribution >= 0.6 is 0 Å². The number of hydrogen-bond donors (Lipinski definition) is 1. The Hall–Kier alpha value is -0.0800. The van der Waals surface area contributed by atoms with Crippen LogP contribution in [0.3, 0.4) is 0 Å². The van der Waals surface area contributed by atoms with Gasteiger partial charge >= 0.3 is 0 Å². The smallest absolute Gasteiger partial charge is 0.00922 e. The molecule has 1 saturated carbocycles. The highest BCUT2D eigenvalue weighted by Gasteiger charge is 2.32. The van der Waals surface area contributed by atoms with Crippen molar-refractivity contribution in [1.82, 2.24) is 10.2 Å². The Labute approximate surface area is 88.1 Å². The molecule has 2 heteroatoms. The highest BCUT2D eigenvalue weighted by molar-refractivity contribution is 4.86. The second-order valence-corrected chi connectivity index (χ2v) is 5.41. The van der Waals surface area contributed by atoms with Crippen LogP contribution in [0.2, 0.25) is 0 Å². The largest absolute Gasteiger partial charge is 0.316 e. The van der Waals surface area contributed by atoms with E-state index in [0.717, 1.165) is 23.8 Å². The van der Waals surface area contributed by atoms with Gasteiger partial charge in [0, 0.05) is 12.6 Å². The fourth-order valence-electron chi connectivity index (χ4n) is 2.42. The lowest BCUT2D eigenvalue weighted by atomic mass is 9.88. The first-order valence-electron chi connectivity index (χ1n) is 6.09. The van der Waals surface area contributed by atoms with Crippen molar-refractivity contribution in [3.63, 3.8) is 0 Å². The van der Waals surface area contributed by atoms with Crippen LogP contribution in [0.4, 0.5) is 0 Å². The molecule has 1 aliphatic carbocycles. The Kier molecular flexibility index (Phi) is 3.13. The quantitative estimate of drug-likeness (QED) is 0.718. The zero-order valence-electron chi connectivity index (χ0n) is 9.79. The summed E-state index contributed by atoms with van der Waals surface area (Å²) < 4.78 is 0. The average Bonchev–Trinajstić information content (AvgIpc) is 2.81. The maximum absolute atomic E-state index is 3.36. The van der Waals surface area contributed by atoms with Crippen LogP contribution in [-0.4, -0.2) is 37.6 Å². The van der Waals surface area contributed by atoms with E-state index in [2.05, 4.69) is 31.1 Å². The normalized spacial score (nSPS) is 27.4. The second-order valence-electron chi connectivity index (χ2n) is 5.41. The molecule has 0 bridgehead atoms. The third-order valence-corrected chi connectivity index (χ3v) is 4.19. The zero-order valence-corrected chi connectivity index (χ0v) is 9.79. The molecular formula is C12H24N2. The van der Waals surface area contributed by atoms with E-state index >= 15 is 0 Å². The van der Waals surface area contributed by atoms with Crippen molar-refractivity contribution in [2.75, 3.05) is 26.7 Å². The van der Waals surface area contributed by atoms with E-state index in [1.54, 1.807) is 0 Å². The standard InChI is InChI=1S/C12H24N2/c1-9(12-6-13-7-12)8-14(3)10(2)11-4-5-11/h9-13H,4-8H2,1-3H3. The van der Waals surface area contributed by atoms with E-state index in [1.807, 2.05) is 0 Å². The summed E-state index contributed by atoms with van der Waals surface area (Å²) in [4.78, 5) is 2.57. The minimum atomic E-state index is 0.811. The summed E-state index contributed by atoms with van der Waals surface area (Å²) in [5.74, 6) is 2.80. The third-order valence-electron chi connectivity index (χ3n) is 4.19. The summed E-state index contributed by atoms with van der Waals surface area (Å²) in [6, 6.07) is 0.811. The van der Waals surface area contributed by atoms with Crippen molar-refractivity contribution in [3.8, 4) is 0 Å². The predicted octanol–water partition coefficient (Wildman–Crippen LogP) is 1.57.